The van der Waals surface area contributed by atoms with Gasteiger partial charge in [-0.15, -0.1) is 11.3 Å². The van der Waals surface area contributed by atoms with Gasteiger partial charge < -0.3 is 10.4 Å². The molecule has 0 fully saturated rings. The van der Waals surface area contributed by atoms with E-state index in [9.17, 15) is 9.59 Å². The minimum absolute atomic E-state index is 0.113. The monoisotopic (exact) mass is 276 g/mol. The first-order valence-electron chi connectivity index (χ1n) is 5.69. The van der Waals surface area contributed by atoms with Crippen LogP contribution in [0.25, 0.3) is 0 Å². The summed E-state index contributed by atoms with van der Waals surface area (Å²) in [7, 11) is 0. The molecule has 19 heavy (non-hydrogen) atoms. The number of aryl methyl sites for hydroxylation is 1. The van der Waals surface area contributed by atoms with E-state index < -0.39 is 11.9 Å². The highest BCUT2D eigenvalue weighted by Gasteiger charge is 2.14. The van der Waals surface area contributed by atoms with Crippen LogP contribution in [0.1, 0.15) is 32.8 Å². The fourth-order valence-electron chi connectivity index (χ4n) is 1.53. The number of aromatic nitrogens is 1. The number of aromatic carboxylic acids is 1. The van der Waals surface area contributed by atoms with Crippen molar-refractivity contribution in [3.05, 3.63) is 45.9 Å². The Labute approximate surface area is 113 Å². The molecule has 1 amide bonds. The SMILES string of the molecule is CCc1cccc(NC(=O)c2nc(C(=O)O)cs2)c1. The number of carboxylic acids is 1. The number of carboxylic acid groups (broad SMARTS) is 1. The Hall–Kier alpha value is -2.21. The Balaban J connectivity index is 2.13. The fourth-order valence-corrected chi connectivity index (χ4v) is 2.22. The standard InChI is InChI=1S/C13H12N2O3S/c1-2-8-4-3-5-9(6-8)14-11(16)12-15-10(7-19-12)13(17)18/h3-7H,2H2,1H3,(H,14,16)(H,17,18). The zero-order valence-electron chi connectivity index (χ0n) is 10.2. The molecular weight excluding hydrogens is 264 g/mol. The molecule has 0 unspecified atom stereocenters. The summed E-state index contributed by atoms with van der Waals surface area (Å²) in [6, 6.07) is 7.49. The van der Waals surface area contributed by atoms with Gasteiger partial charge in [0.25, 0.3) is 5.91 Å². The normalized spacial score (nSPS) is 10.2. The average molecular weight is 276 g/mol. The number of amides is 1. The highest BCUT2D eigenvalue weighted by Crippen LogP contribution is 2.15. The van der Waals surface area contributed by atoms with Gasteiger partial charge in [0.2, 0.25) is 0 Å². The lowest BCUT2D eigenvalue weighted by Crippen LogP contribution is -2.12. The van der Waals surface area contributed by atoms with Gasteiger partial charge in [0.1, 0.15) is 0 Å². The van der Waals surface area contributed by atoms with Crippen molar-refractivity contribution < 1.29 is 14.7 Å². The molecule has 0 aliphatic rings. The maximum atomic E-state index is 11.9. The van der Waals surface area contributed by atoms with Crippen LogP contribution in [0.3, 0.4) is 0 Å². The van der Waals surface area contributed by atoms with Crippen LogP contribution in [0.4, 0.5) is 5.69 Å². The van der Waals surface area contributed by atoms with Crippen molar-refractivity contribution in [2.24, 2.45) is 0 Å². The Morgan fingerprint density at radius 2 is 2.21 bits per heavy atom. The second-order valence-electron chi connectivity index (χ2n) is 3.85. The van der Waals surface area contributed by atoms with Crippen molar-refractivity contribution in [2.75, 3.05) is 5.32 Å². The van der Waals surface area contributed by atoms with Gasteiger partial charge in [-0.25, -0.2) is 9.78 Å². The summed E-state index contributed by atoms with van der Waals surface area (Å²) in [5.74, 6) is -1.53. The van der Waals surface area contributed by atoms with Gasteiger partial charge in [-0.3, -0.25) is 4.79 Å². The van der Waals surface area contributed by atoms with Crippen molar-refractivity contribution >= 4 is 28.9 Å². The molecule has 2 aromatic rings. The zero-order valence-corrected chi connectivity index (χ0v) is 11.0. The lowest BCUT2D eigenvalue weighted by molar-refractivity contribution is 0.0691. The van der Waals surface area contributed by atoms with E-state index in [1.165, 1.54) is 5.38 Å². The Bertz CT molecular complexity index is 622. The van der Waals surface area contributed by atoms with E-state index in [0.717, 1.165) is 23.3 Å². The predicted molar refractivity (Wildman–Crippen MR) is 72.8 cm³/mol. The van der Waals surface area contributed by atoms with Crippen LogP contribution in [-0.2, 0) is 6.42 Å². The molecule has 6 heteroatoms. The molecule has 1 aromatic carbocycles. The summed E-state index contributed by atoms with van der Waals surface area (Å²) in [6.07, 6.45) is 0.879. The summed E-state index contributed by atoms with van der Waals surface area (Å²) in [4.78, 5) is 26.3. The number of rotatable bonds is 4. The Kier molecular flexibility index (Phi) is 3.91. The number of hydrogen-bond donors (Lipinski definition) is 2. The molecule has 98 valence electrons. The zero-order chi connectivity index (χ0) is 13.8. The van der Waals surface area contributed by atoms with Gasteiger partial charge >= 0.3 is 5.97 Å². The van der Waals surface area contributed by atoms with E-state index >= 15 is 0 Å². The van der Waals surface area contributed by atoms with Gasteiger partial charge in [-0.1, -0.05) is 19.1 Å². The maximum absolute atomic E-state index is 11.9. The van der Waals surface area contributed by atoms with E-state index in [0.29, 0.717) is 5.69 Å². The molecule has 0 saturated heterocycles. The summed E-state index contributed by atoms with van der Waals surface area (Å²) in [5, 5.41) is 12.9. The smallest absolute Gasteiger partial charge is 0.355 e. The minimum Gasteiger partial charge on any atom is -0.476 e. The summed E-state index contributed by atoms with van der Waals surface area (Å²) in [6.45, 7) is 2.03. The van der Waals surface area contributed by atoms with Crippen LogP contribution in [-0.4, -0.2) is 22.0 Å². The largest absolute Gasteiger partial charge is 0.476 e. The molecule has 2 rings (SSSR count). The van der Waals surface area contributed by atoms with E-state index in [2.05, 4.69) is 10.3 Å². The number of carbonyl (C=O) groups is 2. The number of hydrogen-bond acceptors (Lipinski definition) is 4. The van der Waals surface area contributed by atoms with E-state index in [1.807, 2.05) is 25.1 Å². The predicted octanol–water partition coefficient (Wildman–Crippen LogP) is 2.66. The second-order valence-corrected chi connectivity index (χ2v) is 4.71. The van der Waals surface area contributed by atoms with Crippen molar-refractivity contribution in [1.82, 2.24) is 4.98 Å². The number of carbonyl (C=O) groups excluding carboxylic acids is 1. The molecule has 0 atom stereocenters. The van der Waals surface area contributed by atoms with Crippen molar-refractivity contribution in [1.29, 1.82) is 0 Å². The van der Waals surface area contributed by atoms with Gasteiger partial charge in [0.15, 0.2) is 10.7 Å². The molecule has 0 bridgehead atoms. The third-order valence-corrected chi connectivity index (χ3v) is 3.35. The topological polar surface area (TPSA) is 79.3 Å². The third-order valence-electron chi connectivity index (χ3n) is 2.51. The lowest BCUT2D eigenvalue weighted by atomic mass is 10.1. The molecule has 0 aliphatic heterocycles. The summed E-state index contributed by atoms with van der Waals surface area (Å²) in [5.41, 5.74) is 1.68. The molecule has 0 saturated carbocycles. The first-order valence-corrected chi connectivity index (χ1v) is 6.57. The number of nitrogens with one attached hydrogen (secondary N) is 1. The van der Waals surface area contributed by atoms with Gasteiger partial charge in [0, 0.05) is 11.1 Å². The number of thiazole rings is 1. The van der Waals surface area contributed by atoms with E-state index in [4.69, 9.17) is 5.11 Å². The number of nitrogens with zero attached hydrogens (tertiary/aromatic N) is 1. The second kappa shape index (κ2) is 5.62. The van der Waals surface area contributed by atoms with E-state index in [1.54, 1.807) is 6.07 Å². The van der Waals surface area contributed by atoms with Crippen LogP contribution < -0.4 is 5.32 Å². The Morgan fingerprint density at radius 3 is 2.84 bits per heavy atom. The van der Waals surface area contributed by atoms with Crippen LogP contribution in [0.2, 0.25) is 0 Å². The molecule has 1 aromatic heterocycles. The molecule has 5 nitrogen and oxygen atoms in total. The number of anilines is 1. The quantitative estimate of drug-likeness (QED) is 0.899. The number of benzene rings is 1. The fraction of sp³-hybridized carbons (Fsp3) is 0.154. The van der Waals surface area contributed by atoms with Crippen LogP contribution in [0, 0.1) is 0 Å². The van der Waals surface area contributed by atoms with Crippen molar-refractivity contribution in [2.45, 2.75) is 13.3 Å². The van der Waals surface area contributed by atoms with Crippen LogP contribution in [0.5, 0.6) is 0 Å². The van der Waals surface area contributed by atoms with Gasteiger partial charge in [-0.05, 0) is 24.1 Å². The Morgan fingerprint density at radius 1 is 1.42 bits per heavy atom. The first kappa shape index (κ1) is 13.2. The molecule has 1 heterocycles. The molecule has 2 N–H and O–H groups in total. The summed E-state index contributed by atoms with van der Waals surface area (Å²) < 4.78 is 0. The molecule has 0 aliphatic carbocycles. The highest BCUT2D eigenvalue weighted by molar-refractivity contribution is 7.12. The minimum atomic E-state index is -1.14. The van der Waals surface area contributed by atoms with E-state index in [-0.39, 0.29) is 10.7 Å². The molecule has 0 spiro atoms. The summed E-state index contributed by atoms with van der Waals surface area (Å²) >= 11 is 1.01. The van der Waals surface area contributed by atoms with Crippen molar-refractivity contribution in [3.63, 3.8) is 0 Å². The van der Waals surface area contributed by atoms with Gasteiger partial charge in [-0.2, -0.15) is 0 Å². The average Bonchev–Trinajstić information content (AvgIpc) is 2.89. The third kappa shape index (κ3) is 3.17. The van der Waals surface area contributed by atoms with Crippen LogP contribution in [0.15, 0.2) is 29.6 Å². The van der Waals surface area contributed by atoms with Gasteiger partial charge in [0.05, 0.1) is 0 Å². The van der Waals surface area contributed by atoms with Crippen LogP contribution >= 0.6 is 11.3 Å². The molecular formula is C13H12N2O3S. The lowest BCUT2D eigenvalue weighted by Gasteiger charge is -2.04. The maximum Gasteiger partial charge on any atom is 0.355 e. The molecule has 0 radical (unpaired) electrons. The first-order chi connectivity index (χ1) is 9.10. The van der Waals surface area contributed by atoms with Crippen molar-refractivity contribution in [3.8, 4) is 0 Å². The highest BCUT2D eigenvalue weighted by atomic mass is 32.1.